The lowest BCUT2D eigenvalue weighted by atomic mass is 10.1. The molecule has 19 heavy (non-hydrogen) atoms. The first-order valence-corrected chi connectivity index (χ1v) is 6.71. The minimum absolute atomic E-state index is 0.242. The smallest absolute Gasteiger partial charge is 0.144 e. The molecule has 0 aliphatic heterocycles. The lowest BCUT2D eigenvalue weighted by Gasteiger charge is -2.12. The van der Waals surface area contributed by atoms with Crippen LogP contribution in [0.4, 0.5) is 4.39 Å². The first-order chi connectivity index (χ1) is 8.97. The first-order valence-electron chi connectivity index (χ1n) is 5.51. The lowest BCUT2D eigenvalue weighted by Crippen LogP contribution is -2.11. The molecule has 2 N–H and O–H groups in total. The summed E-state index contributed by atoms with van der Waals surface area (Å²) < 4.78 is 19.6. The molecule has 0 aliphatic rings. The third-order valence-electron chi connectivity index (χ3n) is 2.51. The van der Waals surface area contributed by atoms with Crippen molar-refractivity contribution in [1.29, 1.82) is 0 Å². The van der Waals surface area contributed by atoms with Crippen molar-refractivity contribution >= 4 is 33.1 Å². The molecule has 0 radical (unpaired) electrons. The second kappa shape index (κ2) is 5.67. The Morgan fingerprint density at radius 1 is 1.21 bits per heavy atom. The molecule has 0 saturated heterocycles. The fourth-order valence-corrected chi connectivity index (χ4v) is 2.09. The van der Waals surface area contributed by atoms with E-state index in [1.165, 1.54) is 12.1 Å². The Balaban J connectivity index is 2.43. The Bertz CT molecular complexity index is 645. The van der Waals surface area contributed by atoms with Crippen LogP contribution >= 0.6 is 28.1 Å². The summed E-state index contributed by atoms with van der Waals surface area (Å²) in [5.41, 5.74) is 7.32. The van der Waals surface area contributed by atoms with Gasteiger partial charge in [0.05, 0.1) is 10.0 Å². The van der Waals surface area contributed by atoms with Crippen molar-refractivity contribution in [2.45, 2.75) is 6.92 Å². The van der Waals surface area contributed by atoms with Gasteiger partial charge in [-0.2, -0.15) is 0 Å². The SMILES string of the molecule is Cc1ccc(Oc2cc(F)ccc2Br)c(C(N)=S)c1. The van der Waals surface area contributed by atoms with Crippen LogP contribution in [0.15, 0.2) is 40.9 Å². The fourth-order valence-electron chi connectivity index (χ4n) is 1.60. The largest absolute Gasteiger partial charge is 0.455 e. The van der Waals surface area contributed by atoms with Gasteiger partial charge >= 0.3 is 0 Å². The maximum atomic E-state index is 13.2. The highest BCUT2D eigenvalue weighted by atomic mass is 79.9. The number of nitrogens with two attached hydrogens (primary N) is 1. The molecule has 0 heterocycles. The van der Waals surface area contributed by atoms with Gasteiger partial charge in [-0.3, -0.25) is 0 Å². The Labute approximate surface area is 124 Å². The molecule has 0 spiro atoms. The number of benzene rings is 2. The van der Waals surface area contributed by atoms with Gasteiger partial charge in [0, 0.05) is 6.07 Å². The van der Waals surface area contributed by atoms with Crippen molar-refractivity contribution in [3.8, 4) is 11.5 Å². The van der Waals surface area contributed by atoms with Crippen molar-refractivity contribution < 1.29 is 9.13 Å². The lowest BCUT2D eigenvalue weighted by molar-refractivity contribution is 0.472. The molecular weight excluding hydrogens is 329 g/mol. The summed E-state index contributed by atoms with van der Waals surface area (Å²) in [6.45, 7) is 1.93. The van der Waals surface area contributed by atoms with Crippen LogP contribution in [0.3, 0.4) is 0 Å². The Kier molecular flexibility index (Phi) is 4.17. The van der Waals surface area contributed by atoms with E-state index in [1.54, 1.807) is 12.1 Å². The van der Waals surface area contributed by atoms with Crippen molar-refractivity contribution in [2.75, 3.05) is 0 Å². The van der Waals surface area contributed by atoms with E-state index in [0.717, 1.165) is 5.56 Å². The van der Waals surface area contributed by atoms with Crippen LogP contribution in [0.2, 0.25) is 0 Å². The van der Waals surface area contributed by atoms with Gasteiger partial charge in [-0.25, -0.2) is 4.39 Å². The van der Waals surface area contributed by atoms with E-state index < -0.39 is 0 Å². The van der Waals surface area contributed by atoms with Crippen LogP contribution in [-0.4, -0.2) is 4.99 Å². The molecule has 0 aromatic heterocycles. The zero-order valence-corrected chi connectivity index (χ0v) is 12.5. The van der Waals surface area contributed by atoms with E-state index in [1.807, 2.05) is 19.1 Å². The van der Waals surface area contributed by atoms with Gasteiger partial charge in [0.15, 0.2) is 0 Å². The first kappa shape index (κ1) is 14.0. The molecule has 0 amide bonds. The normalized spacial score (nSPS) is 10.3. The average Bonchev–Trinajstić information content (AvgIpc) is 2.35. The molecule has 2 aromatic rings. The Morgan fingerprint density at radius 2 is 1.95 bits per heavy atom. The molecular formula is C14H11BrFNOS. The van der Waals surface area contributed by atoms with Crippen molar-refractivity contribution in [1.82, 2.24) is 0 Å². The Morgan fingerprint density at radius 3 is 2.63 bits per heavy atom. The molecule has 0 atom stereocenters. The van der Waals surface area contributed by atoms with Crippen molar-refractivity contribution in [2.24, 2.45) is 5.73 Å². The zero-order chi connectivity index (χ0) is 14.0. The molecule has 0 fully saturated rings. The summed E-state index contributed by atoms with van der Waals surface area (Å²) in [5.74, 6) is 0.507. The molecule has 0 aliphatic carbocycles. The summed E-state index contributed by atoms with van der Waals surface area (Å²) >= 11 is 8.30. The minimum atomic E-state index is -0.373. The monoisotopic (exact) mass is 339 g/mol. The van der Waals surface area contributed by atoms with Crippen LogP contribution in [0.5, 0.6) is 11.5 Å². The number of hydrogen-bond donors (Lipinski definition) is 1. The summed E-state index contributed by atoms with van der Waals surface area (Å²) in [7, 11) is 0. The second-order valence-electron chi connectivity index (χ2n) is 4.04. The molecule has 2 rings (SSSR count). The van der Waals surface area contributed by atoms with Crippen LogP contribution in [0.25, 0.3) is 0 Å². The molecule has 0 bridgehead atoms. The molecule has 0 unspecified atom stereocenters. The van der Waals surface area contributed by atoms with Crippen LogP contribution in [-0.2, 0) is 0 Å². The number of rotatable bonds is 3. The van der Waals surface area contributed by atoms with Gasteiger partial charge in [-0.1, -0.05) is 23.8 Å². The molecule has 0 saturated carbocycles. The fraction of sp³-hybridized carbons (Fsp3) is 0.0714. The average molecular weight is 340 g/mol. The van der Waals surface area contributed by atoms with Gasteiger partial charge < -0.3 is 10.5 Å². The summed E-state index contributed by atoms with van der Waals surface area (Å²) in [6.07, 6.45) is 0. The van der Waals surface area contributed by atoms with E-state index in [0.29, 0.717) is 21.5 Å². The van der Waals surface area contributed by atoms with E-state index in [4.69, 9.17) is 22.7 Å². The van der Waals surface area contributed by atoms with E-state index in [9.17, 15) is 4.39 Å². The van der Waals surface area contributed by atoms with Gasteiger partial charge in [0.1, 0.15) is 22.3 Å². The summed E-state index contributed by atoms with van der Waals surface area (Å²) in [5, 5.41) is 0. The standard InChI is InChI=1S/C14H11BrFNOS/c1-8-2-5-12(10(6-8)14(17)19)18-13-7-9(16)3-4-11(13)15/h2-7H,1H3,(H2,17,19). The topological polar surface area (TPSA) is 35.2 Å². The molecule has 98 valence electrons. The maximum Gasteiger partial charge on any atom is 0.144 e. The number of thiocarbonyl (C=S) groups is 1. The predicted molar refractivity (Wildman–Crippen MR) is 81.2 cm³/mol. The quantitative estimate of drug-likeness (QED) is 0.845. The molecule has 5 heteroatoms. The summed E-state index contributed by atoms with van der Waals surface area (Å²) in [4.78, 5) is 0.242. The third kappa shape index (κ3) is 3.30. The highest BCUT2D eigenvalue weighted by Crippen LogP contribution is 2.32. The van der Waals surface area contributed by atoms with E-state index in [-0.39, 0.29) is 10.8 Å². The highest BCUT2D eigenvalue weighted by molar-refractivity contribution is 9.10. The van der Waals surface area contributed by atoms with Crippen LogP contribution in [0, 0.1) is 12.7 Å². The van der Waals surface area contributed by atoms with Gasteiger partial charge in [-0.05, 0) is 47.1 Å². The minimum Gasteiger partial charge on any atom is -0.455 e. The van der Waals surface area contributed by atoms with Gasteiger partial charge in [0.2, 0.25) is 0 Å². The summed E-state index contributed by atoms with van der Waals surface area (Å²) in [6, 6.07) is 9.71. The number of halogens is 2. The van der Waals surface area contributed by atoms with Crippen LogP contribution in [0.1, 0.15) is 11.1 Å². The number of hydrogen-bond acceptors (Lipinski definition) is 2. The zero-order valence-electron chi connectivity index (χ0n) is 10.1. The maximum absolute atomic E-state index is 13.2. The third-order valence-corrected chi connectivity index (χ3v) is 3.39. The van der Waals surface area contributed by atoms with E-state index in [2.05, 4.69) is 15.9 Å². The molecule has 2 nitrogen and oxygen atoms in total. The van der Waals surface area contributed by atoms with Crippen molar-refractivity contribution in [3.63, 3.8) is 0 Å². The predicted octanol–water partition coefficient (Wildman–Crippen LogP) is 4.32. The van der Waals surface area contributed by atoms with Gasteiger partial charge in [0.25, 0.3) is 0 Å². The molecule has 2 aromatic carbocycles. The number of aryl methyl sites for hydroxylation is 1. The Hall–Kier alpha value is -1.46. The van der Waals surface area contributed by atoms with Crippen LogP contribution < -0.4 is 10.5 Å². The van der Waals surface area contributed by atoms with E-state index >= 15 is 0 Å². The van der Waals surface area contributed by atoms with Gasteiger partial charge in [-0.15, -0.1) is 0 Å². The second-order valence-corrected chi connectivity index (χ2v) is 5.33. The van der Waals surface area contributed by atoms with Crippen molar-refractivity contribution in [3.05, 3.63) is 57.8 Å². The number of ether oxygens (including phenoxy) is 1. The highest BCUT2D eigenvalue weighted by Gasteiger charge is 2.10.